The quantitative estimate of drug-likeness (QED) is 0.711. The fraction of sp³-hybridized carbons (Fsp3) is 0.636. The normalized spacial score (nSPS) is 10.8. The summed E-state index contributed by atoms with van der Waals surface area (Å²) >= 11 is 0. The van der Waals surface area contributed by atoms with Gasteiger partial charge in [-0.15, -0.1) is 0 Å². The molecule has 0 saturated heterocycles. The van der Waals surface area contributed by atoms with Crippen molar-refractivity contribution >= 4 is 0 Å². The van der Waals surface area contributed by atoms with Gasteiger partial charge in [-0.25, -0.2) is 9.97 Å². The Balaban J connectivity index is 3.07. The molecule has 1 rings (SSSR count). The van der Waals surface area contributed by atoms with E-state index in [2.05, 4.69) is 43.7 Å². The first-order valence-electron chi connectivity index (χ1n) is 5.04. The van der Waals surface area contributed by atoms with Gasteiger partial charge in [0.1, 0.15) is 5.82 Å². The molecule has 1 aromatic rings. The van der Waals surface area contributed by atoms with Crippen LogP contribution in [0.15, 0.2) is 6.07 Å². The van der Waals surface area contributed by atoms with E-state index < -0.39 is 0 Å². The molecule has 0 aromatic carbocycles. The molecule has 0 aliphatic carbocycles. The van der Waals surface area contributed by atoms with E-state index in [1.807, 2.05) is 0 Å². The highest BCUT2D eigenvalue weighted by molar-refractivity contribution is 5.12. The second-order valence-corrected chi connectivity index (χ2v) is 3.57. The first-order chi connectivity index (χ1) is 6.17. The van der Waals surface area contributed by atoms with Crippen LogP contribution in [0.5, 0.6) is 0 Å². The lowest BCUT2D eigenvalue weighted by Gasteiger charge is -2.07. The summed E-state index contributed by atoms with van der Waals surface area (Å²) in [5.74, 6) is 1.41. The van der Waals surface area contributed by atoms with Crippen molar-refractivity contribution in [1.82, 2.24) is 9.97 Å². The lowest BCUT2D eigenvalue weighted by molar-refractivity contribution is 0.742. The zero-order valence-corrected chi connectivity index (χ0v) is 8.96. The van der Waals surface area contributed by atoms with Crippen LogP contribution < -0.4 is 0 Å². The number of aryl methyl sites for hydroxylation is 2. The molecule has 13 heavy (non-hydrogen) atoms. The van der Waals surface area contributed by atoms with Crippen LogP contribution in [0.3, 0.4) is 0 Å². The molecule has 0 saturated carbocycles. The number of aromatic nitrogens is 2. The standard InChI is InChI=1S/C11H18N2/c1-5-9-7-10(6-2)13-11(12-9)8(3)4/h7-8H,5-6H2,1-4H3. The molecule has 0 radical (unpaired) electrons. The first kappa shape index (κ1) is 10.2. The van der Waals surface area contributed by atoms with E-state index in [0.717, 1.165) is 30.1 Å². The number of hydrogen-bond acceptors (Lipinski definition) is 2. The lowest BCUT2D eigenvalue weighted by Crippen LogP contribution is -2.03. The van der Waals surface area contributed by atoms with Gasteiger partial charge in [0.2, 0.25) is 0 Å². The predicted octanol–water partition coefficient (Wildman–Crippen LogP) is 2.72. The third kappa shape index (κ3) is 2.51. The highest BCUT2D eigenvalue weighted by atomic mass is 14.9. The maximum absolute atomic E-state index is 4.49. The molecule has 1 aromatic heterocycles. The Kier molecular flexibility index (Phi) is 3.40. The number of nitrogens with zero attached hydrogens (tertiary/aromatic N) is 2. The summed E-state index contributed by atoms with van der Waals surface area (Å²) in [5, 5.41) is 0. The van der Waals surface area contributed by atoms with Crippen molar-refractivity contribution in [2.75, 3.05) is 0 Å². The van der Waals surface area contributed by atoms with Gasteiger partial charge in [-0.3, -0.25) is 0 Å². The van der Waals surface area contributed by atoms with Gasteiger partial charge in [-0.1, -0.05) is 27.7 Å². The smallest absolute Gasteiger partial charge is 0.131 e. The fourth-order valence-electron chi connectivity index (χ4n) is 1.20. The highest BCUT2D eigenvalue weighted by Crippen LogP contribution is 2.11. The van der Waals surface area contributed by atoms with E-state index in [9.17, 15) is 0 Å². The van der Waals surface area contributed by atoms with Gasteiger partial charge in [0.05, 0.1) is 0 Å². The Hall–Kier alpha value is -0.920. The molecule has 0 spiro atoms. The summed E-state index contributed by atoms with van der Waals surface area (Å²) in [4.78, 5) is 8.98. The van der Waals surface area contributed by atoms with Crippen molar-refractivity contribution < 1.29 is 0 Å². The average Bonchev–Trinajstić information content (AvgIpc) is 2.16. The van der Waals surface area contributed by atoms with Gasteiger partial charge < -0.3 is 0 Å². The summed E-state index contributed by atoms with van der Waals surface area (Å²) in [5.41, 5.74) is 2.33. The van der Waals surface area contributed by atoms with Gasteiger partial charge in [0.15, 0.2) is 0 Å². The third-order valence-electron chi connectivity index (χ3n) is 2.09. The average molecular weight is 178 g/mol. The Bertz CT molecular complexity index is 257. The van der Waals surface area contributed by atoms with Gasteiger partial charge in [0.25, 0.3) is 0 Å². The molecular weight excluding hydrogens is 160 g/mol. The highest BCUT2D eigenvalue weighted by Gasteiger charge is 2.05. The topological polar surface area (TPSA) is 25.8 Å². The molecule has 2 nitrogen and oxygen atoms in total. The Morgan fingerprint density at radius 1 is 1.08 bits per heavy atom. The molecule has 0 N–H and O–H groups in total. The van der Waals surface area contributed by atoms with Gasteiger partial charge >= 0.3 is 0 Å². The molecule has 0 fully saturated rings. The molecule has 1 heterocycles. The maximum atomic E-state index is 4.49. The van der Waals surface area contributed by atoms with Crippen LogP contribution in [-0.2, 0) is 12.8 Å². The van der Waals surface area contributed by atoms with Crippen LogP contribution >= 0.6 is 0 Å². The van der Waals surface area contributed by atoms with Crippen molar-refractivity contribution in [2.24, 2.45) is 0 Å². The monoisotopic (exact) mass is 178 g/mol. The Labute approximate surface area is 80.4 Å². The summed E-state index contributed by atoms with van der Waals surface area (Å²) < 4.78 is 0. The van der Waals surface area contributed by atoms with Crippen molar-refractivity contribution in [2.45, 2.75) is 46.5 Å². The molecule has 0 bridgehead atoms. The number of rotatable bonds is 3. The lowest BCUT2D eigenvalue weighted by atomic mass is 10.1. The van der Waals surface area contributed by atoms with Crippen LogP contribution in [0.1, 0.15) is 50.8 Å². The van der Waals surface area contributed by atoms with Crippen molar-refractivity contribution in [3.05, 3.63) is 23.3 Å². The summed E-state index contributed by atoms with van der Waals surface area (Å²) in [7, 11) is 0. The van der Waals surface area contributed by atoms with Crippen LogP contribution in [-0.4, -0.2) is 9.97 Å². The second kappa shape index (κ2) is 4.35. The Morgan fingerprint density at radius 2 is 1.54 bits per heavy atom. The molecule has 0 atom stereocenters. The molecule has 0 aliphatic heterocycles. The van der Waals surface area contributed by atoms with Gasteiger partial charge in [-0.2, -0.15) is 0 Å². The molecule has 2 heteroatoms. The van der Waals surface area contributed by atoms with E-state index >= 15 is 0 Å². The van der Waals surface area contributed by atoms with Gasteiger partial charge in [-0.05, 0) is 18.9 Å². The third-order valence-corrected chi connectivity index (χ3v) is 2.09. The van der Waals surface area contributed by atoms with Crippen molar-refractivity contribution in [3.63, 3.8) is 0 Å². The van der Waals surface area contributed by atoms with Gasteiger partial charge in [0, 0.05) is 17.3 Å². The zero-order chi connectivity index (χ0) is 9.84. The van der Waals surface area contributed by atoms with E-state index in [-0.39, 0.29) is 0 Å². The van der Waals surface area contributed by atoms with Crippen molar-refractivity contribution in [1.29, 1.82) is 0 Å². The van der Waals surface area contributed by atoms with Crippen LogP contribution in [0.25, 0.3) is 0 Å². The van der Waals surface area contributed by atoms with E-state index in [1.165, 1.54) is 0 Å². The van der Waals surface area contributed by atoms with E-state index in [0.29, 0.717) is 5.92 Å². The molecule has 0 amide bonds. The molecule has 0 unspecified atom stereocenters. The summed E-state index contributed by atoms with van der Waals surface area (Å²) in [6.45, 7) is 8.53. The minimum Gasteiger partial charge on any atom is -0.238 e. The maximum Gasteiger partial charge on any atom is 0.131 e. The summed E-state index contributed by atoms with van der Waals surface area (Å²) in [6, 6.07) is 2.10. The fourth-order valence-corrected chi connectivity index (χ4v) is 1.20. The minimum absolute atomic E-state index is 0.428. The predicted molar refractivity (Wildman–Crippen MR) is 54.9 cm³/mol. The zero-order valence-electron chi connectivity index (χ0n) is 8.96. The van der Waals surface area contributed by atoms with Crippen LogP contribution in [0.4, 0.5) is 0 Å². The Morgan fingerprint density at radius 3 is 1.85 bits per heavy atom. The minimum atomic E-state index is 0.428. The first-order valence-corrected chi connectivity index (χ1v) is 5.04. The van der Waals surface area contributed by atoms with Crippen molar-refractivity contribution in [3.8, 4) is 0 Å². The molecule has 72 valence electrons. The summed E-state index contributed by atoms with van der Waals surface area (Å²) in [6.07, 6.45) is 1.99. The second-order valence-electron chi connectivity index (χ2n) is 3.57. The SMILES string of the molecule is CCc1cc(CC)nc(C(C)C)n1. The molecular formula is C11H18N2. The largest absolute Gasteiger partial charge is 0.238 e. The number of hydrogen-bond donors (Lipinski definition) is 0. The van der Waals surface area contributed by atoms with Crippen LogP contribution in [0.2, 0.25) is 0 Å². The van der Waals surface area contributed by atoms with Crippen LogP contribution in [0, 0.1) is 0 Å². The molecule has 0 aliphatic rings. The van der Waals surface area contributed by atoms with E-state index in [1.54, 1.807) is 0 Å². The van der Waals surface area contributed by atoms with E-state index in [4.69, 9.17) is 0 Å².